The van der Waals surface area contributed by atoms with Gasteiger partial charge in [0.25, 0.3) is 11.8 Å². The van der Waals surface area contributed by atoms with Gasteiger partial charge in [-0.1, -0.05) is 11.2 Å². The Balaban J connectivity index is 1.33. The third-order valence-corrected chi connectivity index (χ3v) is 11.4. The molecule has 2 bridgehead atoms. The highest BCUT2D eigenvalue weighted by molar-refractivity contribution is 7.48. The summed E-state index contributed by atoms with van der Waals surface area (Å²) in [6, 6.07) is 2.05. The second-order valence-electron chi connectivity index (χ2n) is 16.3. The Morgan fingerprint density at radius 1 is 1.09 bits per heavy atom. The van der Waals surface area contributed by atoms with E-state index in [1.165, 1.54) is 16.8 Å². The Hall–Kier alpha value is -4.18. The van der Waals surface area contributed by atoms with Crippen molar-refractivity contribution in [1.29, 1.82) is 0 Å². The van der Waals surface area contributed by atoms with Gasteiger partial charge in [-0.2, -0.15) is 0 Å². The number of carbonyl (C=O) groups is 3. The molecule has 2 aromatic rings. The average molecular weight is 809 g/mol. The van der Waals surface area contributed by atoms with Crippen molar-refractivity contribution in [2.45, 2.75) is 129 Å². The lowest BCUT2D eigenvalue weighted by atomic mass is 9.84. The lowest BCUT2D eigenvalue weighted by Crippen LogP contribution is -2.52. The molecule has 0 aliphatic carbocycles. The summed E-state index contributed by atoms with van der Waals surface area (Å²) in [4.78, 5) is 62.1. The Morgan fingerprint density at radius 2 is 1.79 bits per heavy atom. The van der Waals surface area contributed by atoms with Crippen LogP contribution in [-0.2, 0) is 39.1 Å². The molecule has 0 saturated carbocycles. The van der Waals surface area contributed by atoms with Gasteiger partial charge in [-0.15, -0.1) is 0 Å². The zero-order valence-corrected chi connectivity index (χ0v) is 34.0. The molecule has 0 unspecified atom stereocenters. The first-order chi connectivity index (χ1) is 26.1. The fraction of sp³-hybridized carbons (Fsp3) is 0.605. The van der Waals surface area contributed by atoms with Gasteiger partial charge in [-0.25, -0.2) is 13.3 Å². The van der Waals surface area contributed by atoms with Crippen LogP contribution in [0.4, 0.5) is 8.78 Å². The fourth-order valence-electron chi connectivity index (χ4n) is 6.86. The van der Waals surface area contributed by atoms with Gasteiger partial charge in [0, 0.05) is 49.8 Å². The number of nitrogens with one attached hydrogen (secondary N) is 1. The average Bonchev–Trinajstić information content (AvgIpc) is 3.41. The Bertz CT molecular complexity index is 1960. The van der Waals surface area contributed by atoms with Crippen LogP contribution in [0, 0.1) is 11.6 Å². The summed E-state index contributed by atoms with van der Waals surface area (Å²) >= 11 is 0. The molecule has 3 atom stereocenters. The van der Waals surface area contributed by atoms with Crippen LogP contribution in [0.2, 0.25) is 0 Å². The maximum Gasteiger partial charge on any atom is 0.475 e. The number of esters is 1. The number of oxime groups is 1. The van der Waals surface area contributed by atoms with Crippen molar-refractivity contribution in [3.63, 3.8) is 0 Å². The third kappa shape index (κ3) is 10.2. The predicted octanol–water partition coefficient (Wildman–Crippen LogP) is 6.58. The van der Waals surface area contributed by atoms with Gasteiger partial charge in [-0.05, 0) is 87.1 Å². The summed E-state index contributed by atoms with van der Waals surface area (Å²) in [6.07, 6.45) is 3.26. The predicted molar refractivity (Wildman–Crippen MR) is 199 cm³/mol. The molecule has 5 rings (SSSR count). The zero-order valence-electron chi connectivity index (χ0n) is 33.1. The van der Waals surface area contributed by atoms with Gasteiger partial charge >= 0.3 is 13.8 Å². The van der Waals surface area contributed by atoms with Gasteiger partial charge in [0.15, 0.2) is 11.3 Å². The summed E-state index contributed by atoms with van der Waals surface area (Å²) in [7, 11) is -3.93. The molecule has 15 nitrogen and oxygen atoms in total. The number of unbranched alkanes of at least 4 members (excludes halogenated alkanes) is 1. The SMILES string of the molecule is CC1=NO[C@@]2(CC[C@H](C)N3C[C@H]2n2cc(C(=O)NCc4ccc(F)cc4F)c(=O)c(OCOC(=O)CCCCOP(=O)(OC(C)(C)C)OC(C)(C)C)c2C3=O)C1. The van der Waals surface area contributed by atoms with Crippen LogP contribution in [0.5, 0.6) is 5.75 Å². The van der Waals surface area contributed by atoms with Crippen LogP contribution in [0.1, 0.15) is 126 Å². The second-order valence-corrected chi connectivity index (χ2v) is 17.8. The van der Waals surface area contributed by atoms with Gasteiger partial charge in [0.1, 0.15) is 17.2 Å². The third-order valence-electron chi connectivity index (χ3n) is 9.34. The number of phosphoric ester groups is 1. The summed E-state index contributed by atoms with van der Waals surface area (Å²) in [6.45, 7) is 13.1. The normalized spacial score (nSPS) is 20.9. The highest BCUT2D eigenvalue weighted by atomic mass is 31.2. The number of hydrogen-bond acceptors (Lipinski definition) is 12. The second kappa shape index (κ2) is 16.7. The highest BCUT2D eigenvalue weighted by Crippen LogP contribution is 2.55. The topological polar surface area (TPSA) is 173 Å². The Morgan fingerprint density at radius 3 is 2.41 bits per heavy atom. The van der Waals surface area contributed by atoms with Crippen molar-refractivity contribution < 1.29 is 55.6 Å². The first-order valence-electron chi connectivity index (χ1n) is 18.6. The molecule has 4 heterocycles. The maximum atomic E-state index is 14.4. The number of rotatable bonds is 14. The Kier molecular flexibility index (Phi) is 12.8. The molecular formula is C38H51F2N4O11P. The van der Waals surface area contributed by atoms with Crippen LogP contribution in [0.15, 0.2) is 34.3 Å². The van der Waals surface area contributed by atoms with E-state index in [2.05, 4.69) is 10.5 Å². The van der Waals surface area contributed by atoms with Gasteiger partial charge in [0.05, 0.1) is 29.6 Å². The lowest BCUT2D eigenvalue weighted by molar-refractivity contribution is -0.150. The molecule has 3 aliphatic rings. The molecule has 18 heteroatoms. The van der Waals surface area contributed by atoms with Crippen molar-refractivity contribution in [1.82, 2.24) is 14.8 Å². The summed E-state index contributed by atoms with van der Waals surface area (Å²) < 4.78 is 70.4. The van der Waals surface area contributed by atoms with Crippen LogP contribution >= 0.6 is 7.82 Å². The fourth-order valence-corrected chi connectivity index (χ4v) is 8.70. The smallest absolute Gasteiger partial charge is 0.451 e. The minimum Gasteiger partial charge on any atom is -0.451 e. The van der Waals surface area contributed by atoms with E-state index in [1.54, 1.807) is 46.4 Å². The van der Waals surface area contributed by atoms with E-state index in [0.717, 1.165) is 11.8 Å². The van der Waals surface area contributed by atoms with Crippen molar-refractivity contribution in [3.8, 4) is 5.75 Å². The maximum absolute atomic E-state index is 14.4. The molecule has 308 valence electrons. The summed E-state index contributed by atoms with van der Waals surface area (Å²) in [5, 5.41) is 6.71. The van der Waals surface area contributed by atoms with E-state index in [4.69, 9.17) is 27.9 Å². The van der Waals surface area contributed by atoms with Crippen LogP contribution in [0.3, 0.4) is 0 Å². The number of amides is 2. The van der Waals surface area contributed by atoms with Crippen LogP contribution in [-0.4, -0.2) is 75.8 Å². The number of nitrogens with zero attached hydrogens (tertiary/aromatic N) is 3. The number of ether oxygens (including phenoxy) is 2. The summed E-state index contributed by atoms with van der Waals surface area (Å²) in [5.74, 6) is -4.32. The van der Waals surface area contributed by atoms with E-state index in [0.29, 0.717) is 31.7 Å². The van der Waals surface area contributed by atoms with Gasteiger partial charge in [-0.3, -0.25) is 32.7 Å². The van der Waals surface area contributed by atoms with Gasteiger partial charge < -0.3 is 29.1 Å². The molecule has 1 spiro atoms. The molecule has 2 amide bonds. The molecule has 1 aromatic heterocycles. The van der Waals surface area contributed by atoms with E-state index in [-0.39, 0.29) is 49.8 Å². The monoisotopic (exact) mass is 808 g/mol. The minimum absolute atomic E-state index is 0.0206. The number of fused-ring (bicyclic) bond motifs is 5. The molecule has 0 radical (unpaired) electrons. The minimum atomic E-state index is -3.93. The van der Waals surface area contributed by atoms with Crippen LogP contribution < -0.4 is 15.5 Å². The van der Waals surface area contributed by atoms with E-state index in [1.807, 2.05) is 13.8 Å². The number of hydrogen-bond donors (Lipinski definition) is 1. The standard InChI is InChI=1S/C38H51F2N4O11P/c1-23-18-38(53-42-23)15-14-24(2)43-21-29(38)44-20-27(34(47)41-19-25-12-13-26(39)17-28(25)40)32(46)33(31(44)35(43)48)51-22-50-30(45)11-9-10-16-52-56(49,54-36(3,4)5)55-37(6,7)8/h12-13,17,20,24,29H,9-11,14-16,18-19,21-22H2,1-8H3,(H,41,47)/t24-,29+,38-/m0/s1. The molecule has 1 N–H and O–H groups in total. The number of benzene rings is 1. The zero-order chi connectivity index (χ0) is 41.2. The number of pyridine rings is 1. The lowest BCUT2D eigenvalue weighted by Gasteiger charge is -2.42. The number of phosphoric acid groups is 1. The number of aromatic nitrogens is 1. The molecule has 1 aromatic carbocycles. The molecule has 56 heavy (non-hydrogen) atoms. The molecule has 1 fully saturated rings. The molecular weight excluding hydrogens is 757 g/mol. The Labute approximate surface area is 324 Å². The van der Waals surface area contributed by atoms with Crippen LogP contribution in [0.25, 0.3) is 0 Å². The van der Waals surface area contributed by atoms with Gasteiger partial charge in [0.2, 0.25) is 18.0 Å². The number of halogens is 2. The van der Waals surface area contributed by atoms with E-state index in [9.17, 15) is 32.5 Å². The number of carbonyl (C=O) groups excluding carboxylic acids is 3. The van der Waals surface area contributed by atoms with Crippen molar-refractivity contribution >= 4 is 31.3 Å². The molecule has 1 saturated heterocycles. The summed E-state index contributed by atoms with van der Waals surface area (Å²) in [5.41, 5.74) is -3.34. The first-order valence-corrected chi connectivity index (χ1v) is 20.0. The largest absolute Gasteiger partial charge is 0.475 e. The van der Waals surface area contributed by atoms with Crippen molar-refractivity contribution in [3.05, 3.63) is 63.1 Å². The van der Waals surface area contributed by atoms with E-state index < -0.39 is 83.6 Å². The molecule has 3 aliphatic heterocycles. The van der Waals surface area contributed by atoms with Crippen molar-refractivity contribution in [2.75, 3.05) is 19.9 Å². The first kappa shape index (κ1) is 43.0. The highest BCUT2D eigenvalue weighted by Gasteiger charge is 2.54. The van der Waals surface area contributed by atoms with Crippen molar-refractivity contribution in [2.24, 2.45) is 5.16 Å². The van der Waals surface area contributed by atoms with E-state index >= 15 is 0 Å². The quantitative estimate of drug-likeness (QED) is 0.0946.